The monoisotopic (exact) mass is 454 g/mol. The smallest absolute Gasteiger partial charge is 0.434 e. The van der Waals surface area contributed by atoms with Crippen LogP contribution in [0.25, 0.3) is 11.3 Å². The van der Waals surface area contributed by atoms with Gasteiger partial charge in [0.1, 0.15) is 23.8 Å². The molecule has 0 aromatic carbocycles. The Kier molecular flexibility index (Phi) is 5.86. The van der Waals surface area contributed by atoms with Crippen molar-refractivity contribution in [2.45, 2.75) is 32.2 Å². The fourth-order valence-electron chi connectivity index (χ4n) is 3.59. The number of hydrogen-bond acceptors (Lipinski definition) is 9. The second kappa shape index (κ2) is 8.47. The lowest BCUT2D eigenvalue weighted by Gasteiger charge is -2.28. The Hall–Kier alpha value is -3.06. The molecule has 0 spiro atoms. The van der Waals surface area contributed by atoms with Gasteiger partial charge in [0.2, 0.25) is 5.95 Å². The van der Waals surface area contributed by atoms with Crippen LogP contribution in [0.4, 0.5) is 29.7 Å². The highest BCUT2D eigenvalue weighted by atomic mass is 19.4. The van der Waals surface area contributed by atoms with Gasteiger partial charge in [0, 0.05) is 30.9 Å². The van der Waals surface area contributed by atoms with Gasteiger partial charge in [-0.15, -0.1) is 0 Å². The number of halogens is 3. The number of cyclic esters (lactones) is 1. The summed E-state index contributed by atoms with van der Waals surface area (Å²) in [4.78, 5) is 31.6. The normalized spacial score (nSPS) is 21.8. The first kappa shape index (κ1) is 22.1. The zero-order valence-corrected chi connectivity index (χ0v) is 17.3. The minimum absolute atomic E-state index is 0.0126. The predicted octanol–water partition coefficient (Wildman–Crippen LogP) is 1.80. The van der Waals surface area contributed by atoms with Crippen molar-refractivity contribution in [3.05, 3.63) is 23.8 Å². The van der Waals surface area contributed by atoms with Crippen molar-refractivity contribution >= 4 is 17.9 Å². The summed E-state index contributed by atoms with van der Waals surface area (Å²) in [6.45, 7) is 4.18. The van der Waals surface area contributed by atoms with Crippen molar-refractivity contribution in [2.24, 2.45) is 0 Å². The molecule has 10 nitrogen and oxygen atoms in total. The molecule has 0 unspecified atom stereocenters. The minimum Gasteiger partial charge on any atom is -0.444 e. The first-order valence-corrected chi connectivity index (χ1v) is 9.92. The average molecular weight is 454 g/mol. The number of hydrogen-bond donors (Lipinski definition) is 1. The van der Waals surface area contributed by atoms with Gasteiger partial charge in [0.25, 0.3) is 0 Å². The number of carbonyl (C=O) groups excluding carboxylic acids is 1. The third-order valence-electron chi connectivity index (χ3n) is 5.24. The van der Waals surface area contributed by atoms with Crippen molar-refractivity contribution < 1.29 is 32.5 Å². The first-order chi connectivity index (χ1) is 15.2. The highest BCUT2D eigenvalue weighted by Gasteiger charge is 2.42. The van der Waals surface area contributed by atoms with Crippen molar-refractivity contribution in [3.63, 3.8) is 0 Å². The number of morpholine rings is 1. The van der Waals surface area contributed by atoms with E-state index in [0.717, 1.165) is 11.1 Å². The molecule has 32 heavy (non-hydrogen) atoms. The van der Waals surface area contributed by atoms with Crippen LogP contribution in [-0.2, 0) is 15.7 Å². The maximum absolute atomic E-state index is 13.7. The van der Waals surface area contributed by atoms with Crippen LogP contribution < -0.4 is 9.80 Å². The van der Waals surface area contributed by atoms with Gasteiger partial charge in [-0.25, -0.2) is 19.7 Å². The number of alkyl halides is 3. The van der Waals surface area contributed by atoms with Gasteiger partial charge in [-0.05, 0) is 13.8 Å². The third kappa shape index (κ3) is 4.17. The lowest BCUT2D eigenvalue weighted by Crippen LogP contribution is -2.40. The Morgan fingerprint density at radius 1 is 1.22 bits per heavy atom. The molecule has 4 rings (SSSR count). The van der Waals surface area contributed by atoms with Crippen LogP contribution in [0, 0.1) is 6.92 Å². The lowest BCUT2D eigenvalue weighted by molar-refractivity contribution is -0.140. The molecule has 0 bridgehead atoms. The Labute approximate surface area is 181 Å². The van der Waals surface area contributed by atoms with Crippen molar-refractivity contribution in [1.82, 2.24) is 19.9 Å². The summed E-state index contributed by atoms with van der Waals surface area (Å²) in [6, 6.07) is 0.494. The van der Waals surface area contributed by atoms with Crippen LogP contribution in [0.5, 0.6) is 0 Å². The van der Waals surface area contributed by atoms with Crippen LogP contribution in [0.1, 0.15) is 18.4 Å². The van der Waals surface area contributed by atoms with Crippen LogP contribution in [0.15, 0.2) is 12.3 Å². The molecule has 2 fully saturated rings. The molecule has 2 aliphatic rings. The van der Waals surface area contributed by atoms with Crippen LogP contribution >= 0.6 is 0 Å². The molecular formula is C19H21F3N6O4. The molecule has 2 saturated heterocycles. The van der Waals surface area contributed by atoms with Crippen molar-refractivity contribution in [2.75, 3.05) is 42.7 Å². The number of aromatic nitrogens is 4. The number of rotatable bonds is 4. The van der Waals surface area contributed by atoms with Crippen molar-refractivity contribution in [1.29, 1.82) is 0 Å². The molecule has 1 N–H and O–H groups in total. The van der Waals surface area contributed by atoms with E-state index in [2.05, 4.69) is 19.9 Å². The molecule has 13 heteroatoms. The second-order valence-electron chi connectivity index (χ2n) is 7.40. The summed E-state index contributed by atoms with van der Waals surface area (Å²) < 4.78 is 51.7. The fraction of sp³-hybridized carbons (Fsp3) is 0.526. The summed E-state index contributed by atoms with van der Waals surface area (Å²) in [5, 5.41) is 9.76. The summed E-state index contributed by atoms with van der Waals surface area (Å²) in [5.41, 5.74) is -1.59. The summed E-state index contributed by atoms with van der Waals surface area (Å²) in [6.07, 6.45) is -5.09. The van der Waals surface area contributed by atoms with Gasteiger partial charge in [-0.1, -0.05) is 0 Å². The van der Waals surface area contributed by atoms with E-state index < -0.39 is 36.7 Å². The maximum Gasteiger partial charge on any atom is 0.434 e. The molecule has 2 atom stereocenters. The van der Waals surface area contributed by atoms with E-state index in [-0.39, 0.29) is 28.8 Å². The Balaban J connectivity index is 1.88. The predicted molar refractivity (Wildman–Crippen MR) is 105 cm³/mol. The maximum atomic E-state index is 13.7. The molecule has 4 heterocycles. The SMILES string of the molecule is Cc1ncc(-c2cc(N3C(=O)O[C@H](C)[C@@H]3CO)nc(N3CCOCC3)n2)c(C(F)(F)F)n1. The van der Waals surface area contributed by atoms with E-state index in [9.17, 15) is 23.1 Å². The van der Waals surface area contributed by atoms with Gasteiger partial charge in [-0.3, -0.25) is 4.90 Å². The number of carbonyl (C=O) groups is 1. The zero-order chi connectivity index (χ0) is 23.0. The van der Waals surface area contributed by atoms with Gasteiger partial charge < -0.3 is 19.5 Å². The number of aliphatic hydroxyl groups is 1. The number of nitrogens with zero attached hydrogens (tertiary/aromatic N) is 6. The number of amides is 1. The van der Waals surface area contributed by atoms with Crippen LogP contribution in [-0.4, -0.2) is 76.2 Å². The molecule has 172 valence electrons. The van der Waals surface area contributed by atoms with Crippen molar-refractivity contribution in [3.8, 4) is 11.3 Å². The van der Waals surface area contributed by atoms with E-state index in [1.165, 1.54) is 13.0 Å². The summed E-state index contributed by atoms with van der Waals surface area (Å²) in [7, 11) is 0. The molecular weight excluding hydrogens is 433 g/mol. The van der Waals surface area contributed by atoms with Gasteiger partial charge in [0.15, 0.2) is 5.69 Å². The molecule has 2 aromatic heterocycles. The molecule has 2 aromatic rings. The zero-order valence-electron chi connectivity index (χ0n) is 17.3. The van der Waals surface area contributed by atoms with E-state index in [1.807, 2.05) is 0 Å². The number of ether oxygens (including phenoxy) is 2. The summed E-state index contributed by atoms with van der Waals surface area (Å²) in [5.74, 6) is 0.0955. The lowest BCUT2D eigenvalue weighted by atomic mass is 10.1. The van der Waals surface area contributed by atoms with Crippen LogP contribution in [0.2, 0.25) is 0 Å². The third-order valence-corrected chi connectivity index (χ3v) is 5.24. The minimum atomic E-state index is -4.75. The van der Waals surface area contributed by atoms with E-state index in [0.29, 0.717) is 26.3 Å². The standard InChI is InChI=1S/C19H21F3N6O4/c1-10-14(9-29)28(18(30)32-10)15-7-13(25-17(26-15)27-3-5-31-6-4-27)12-8-23-11(2)24-16(12)19(20,21)22/h7-8,10,14,29H,3-6,9H2,1-2H3/t10-,14+/m1/s1. The van der Waals surface area contributed by atoms with Gasteiger partial charge in [0.05, 0.1) is 25.5 Å². The molecule has 1 amide bonds. The number of aliphatic hydroxyl groups excluding tert-OH is 1. The fourth-order valence-corrected chi connectivity index (χ4v) is 3.59. The first-order valence-electron chi connectivity index (χ1n) is 9.92. The number of anilines is 2. The Morgan fingerprint density at radius 3 is 2.59 bits per heavy atom. The highest BCUT2D eigenvalue weighted by Crippen LogP contribution is 2.37. The quantitative estimate of drug-likeness (QED) is 0.739. The van der Waals surface area contributed by atoms with E-state index >= 15 is 0 Å². The molecule has 0 aliphatic carbocycles. The number of aryl methyl sites for hydroxylation is 1. The highest BCUT2D eigenvalue weighted by molar-refractivity contribution is 5.90. The van der Waals surface area contributed by atoms with Crippen LogP contribution in [0.3, 0.4) is 0 Å². The largest absolute Gasteiger partial charge is 0.444 e. The molecule has 2 aliphatic heterocycles. The average Bonchev–Trinajstić information content (AvgIpc) is 3.06. The summed E-state index contributed by atoms with van der Waals surface area (Å²) >= 11 is 0. The molecule has 0 radical (unpaired) electrons. The topological polar surface area (TPSA) is 114 Å². The van der Waals surface area contributed by atoms with Gasteiger partial charge >= 0.3 is 12.3 Å². The van der Waals surface area contributed by atoms with Gasteiger partial charge in [-0.2, -0.15) is 18.2 Å². The van der Waals surface area contributed by atoms with E-state index in [1.54, 1.807) is 11.8 Å². The Bertz CT molecular complexity index is 1020. The van der Waals surface area contributed by atoms with E-state index in [4.69, 9.17) is 9.47 Å². The second-order valence-corrected chi connectivity index (χ2v) is 7.40. The molecule has 0 saturated carbocycles. The Morgan fingerprint density at radius 2 is 1.94 bits per heavy atom.